The average molecular weight is 409 g/mol. The molecule has 0 aliphatic heterocycles. The maximum atomic E-state index is 6.13. The molecule has 9 heteroatoms. The second-order valence-electron chi connectivity index (χ2n) is 6.21. The molecule has 3 rings (SSSR count). The topological polar surface area (TPSA) is 95.7 Å². The summed E-state index contributed by atoms with van der Waals surface area (Å²) in [6.07, 6.45) is 0. The molecule has 0 bridgehead atoms. The van der Waals surface area contributed by atoms with Crippen molar-refractivity contribution in [3.05, 3.63) is 40.5 Å². The predicted octanol–water partition coefficient (Wildman–Crippen LogP) is 3.39. The van der Waals surface area contributed by atoms with Gasteiger partial charge in [-0.15, -0.1) is 10.2 Å². The lowest BCUT2D eigenvalue weighted by atomic mass is 9.97. The summed E-state index contributed by atoms with van der Waals surface area (Å²) in [6.45, 7) is 6.08. The monoisotopic (exact) mass is 408 g/mol. The number of rotatable bonds is 4. The van der Waals surface area contributed by atoms with Crippen LogP contribution in [0.4, 0.5) is 0 Å². The van der Waals surface area contributed by atoms with E-state index in [-0.39, 0.29) is 5.41 Å². The van der Waals surface area contributed by atoms with E-state index in [4.69, 9.17) is 10.4 Å². The Morgan fingerprint density at radius 3 is 2.67 bits per heavy atom. The fourth-order valence-corrected chi connectivity index (χ4v) is 3.11. The fraction of sp³-hybridized carbons (Fsp3) is 0.333. The van der Waals surface area contributed by atoms with Gasteiger partial charge >= 0.3 is 0 Å². The van der Waals surface area contributed by atoms with E-state index in [1.54, 1.807) is 0 Å². The molecule has 0 amide bonds. The van der Waals surface area contributed by atoms with Gasteiger partial charge in [0.15, 0.2) is 11.6 Å². The number of nitrogens with zero attached hydrogens (tertiary/aromatic N) is 5. The van der Waals surface area contributed by atoms with Crippen molar-refractivity contribution < 1.29 is 4.52 Å². The number of hydrogen-bond donors (Lipinski definition) is 1. The van der Waals surface area contributed by atoms with Gasteiger partial charge in [-0.05, 0) is 12.1 Å². The molecule has 7 nitrogen and oxygen atoms in total. The molecule has 2 aromatic heterocycles. The highest BCUT2D eigenvalue weighted by Crippen LogP contribution is 2.29. The van der Waals surface area contributed by atoms with Gasteiger partial charge < -0.3 is 10.4 Å². The van der Waals surface area contributed by atoms with Gasteiger partial charge in [-0.3, -0.25) is 0 Å². The molecule has 0 atom stereocenters. The minimum atomic E-state index is -0.170. The van der Waals surface area contributed by atoms with Crippen LogP contribution in [-0.2, 0) is 11.2 Å². The van der Waals surface area contributed by atoms with Crippen molar-refractivity contribution in [1.29, 1.82) is 0 Å². The maximum Gasteiger partial charge on any atom is 0.232 e. The molecule has 0 aliphatic carbocycles. The van der Waals surface area contributed by atoms with Crippen molar-refractivity contribution in [2.75, 3.05) is 5.84 Å². The quantitative estimate of drug-likeness (QED) is 0.521. The molecule has 24 heavy (non-hydrogen) atoms. The Bertz CT molecular complexity index is 854. The first-order valence-electron chi connectivity index (χ1n) is 7.27. The molecule has 0 saturated heterocycles. The summed E-state index contributed by atoms with van der Waals surface area (Å²) in [5.41, 5.74) is 0.713. The zero-order valence-electron chi connectivity index (χ0n) is 13.5. The smallest absolute Gasteiger partial charge is 0.232 e. The molecule has 126 valence electrons. The van der Waals surface area contributed by atoms with Gasteiger partial charge in [0.25, 0.3) is 0 Å². The summed E-state index contributed by atoms with van der Waals surface area (Å²) in [5, 5.41) is 12.9. The lowest BCUT2D eigenvalue weighted by Crippen LogP contribution is -2.12. The van der Waals surface area contributed by atoms with Crippen LogP contribution in [0.1, 0.15) is 32.5 Å². The van der Waals surface area contributed by atoms with E-state index in [2.05, 4.69) is 36.3 Å². The molecule has 0 unspecified atom stereocenters. The van der Waals surface area contributed by atoms with E-state index in [9.17, 15) is 0 Å². The van der Waals surface area contributed by atoms with Gasteiger partial charge in [0, 0.05) is 15.5 Å². The van der Waals surface area contributed by atoms with Crippen LogP contribution in [0.2, 0.25) is 0 Å². The number of thioether (sulfide) groups is 1. The van der Waals surface area contributed by atoms with Crippen molar-refractivity contribution in [2.24, 2.45) is 0 Å². The Labute approximate surface area is 152 Å². The third-order valence-corrected chi connectivity index (χ3v) is 4.85. The van der Waals surface area contributed by atoms with Gasteiger partial charge in [0.05, 0.1) is 5.75 Å². The minimum Gasteiger partial charge on any atom is -0.339 e. The summed E-state index contributed by atoms with van der Waals surface area (Å²) < 4.78 is 7.66. The highest BCUT2D eigenvalue weighted by molar-refractivity contribution is 9.10. The lowest BCUT2D eigenvalue weighted by Gasteiger charge is -2.10. The molecule has 2 N–H and O–H groups in total. The van der Waals surface area contributed by atoms with Gasteiger partial charge in [0.1, 0.15) is 0 Å². The Morgan fingerprint density at radius 1 is 1.25 bits per heavy atom. The summed E-state index contributed by atoms with van der Waals surface area (Å²) in [7, 11) is 0. The van der Waals surface area contributed by atoms with E-state index in [0.29, 0.717) is 28.4 Å². The molecule has 0 aliphatic rings. The van der Waals surface area contributed by atoms with Gasteiger partial charge in [-0.1, -0.05) is 65.8 Å². The zero-order chi connectivity index (χ0) is 17.3. The van der Waals surface area contributed by atoms with Gasteiger partial charge in [0.2, 0.25) is 11.0 Å². The van der Waals surface area contributed by atoms with Crippen LogP contribution < -0.4 is 5.84 Å². The van der Waals surface area contributed by atoms with Crippen LogP contribution in [0.3, 0.4) is 0 Å². The van der Waals surface area contributed by atoms with E-state index >= 15 is 0 Å². The second-order valence-corrected chi connectivity index (χ2v) is 8.01. The zero-order valence-corrected chi connectivity index (χ0v) is 15.9. The summed E-state index contributed by atoms with van der Waals surface area (Å²) >= 11 is 4.91. The third kappa shape index (κ3) is 3.46. The van der Waals surface area contributed by atoms with Crippen LogP contribution >= 0.6 is 27.7 Å². The maximum absolute atomic E-state index is 6.13. The normalized spacial score (nSPS) is 11.8. The van der Waals surface area contributed by atoms with Crippen LogP contribution in [0.25, 0.3) is 11.4 Å². The SMILES string of the molecule is CC(C)(C)c1nc(CSc2nnc(-c3ccccc3Br)n2N)no1. The number of nitrogen functional groups attached to an aromatic ring is 1. The van der Waals surface area contributed by atoms with Crippen molar-refractivity contribution in [2.45, 2.75) is 37.1 Å². The van der Waals surface area contributed by atoms with Crippen LogP contribution in [0.15, 0.2) is 38.4 Å². The largest absolute Gasteiger partial charge is 0.339 e. The van der Waals surface area contributed by atoms with Crippen molar-refractivity contribution in [3.63, 3.8) is 0 Å². The van der Waals surface area contributed by atoms with Crippen molar-refractivity contribution in [1.82, 2.24) is 25.0 Å². The lowest BCUT2D eigenvalue weighted by molar-refractivity contribution is 0.319. The molecule has 3 aromatic rings. The van der Waals surface area contributed by atoms with Gasteiger partial charge in [-0.2, -0.15) is 4.98 Å². The van der Waals surface area contributed by atoms with Crippen molar-refractivity contribution >= 4 is 27.7 Å². The summed E-state index contributed by atoms with van der Waals surface area (Å²) in [5.74, 6) is 8.44. The first-order chi connectivity index (χ1) is 11.4. The van der Waals surface area contributed by atoms with Crippen molar-refractivity contribution in [3.8, 4) is 11.4 Å². The first-order valence-corrected chi connectivity index (χ1v) is 9.05. The number of halogens is 1. The standard InChI is InChI=1S/C15H17BrN6OS/c1-15(2,3)13-18-11(21-23-13)8-24-14-20-19-12(22(14)17)9-6-4-5-7-10(9)16/h4-7H,8,17H2,1-3H3. The predicted molar refractivity (Wildman–Crippen MR) is 95.9 cm³/mol. The van der Waals surface area contributed by atoms with Crippen LogP contribution in [-0.4, -0.2) is 25.0 Å². The number of nitrogens with two attached hydrogens (primary N) is 1. The Kier molecular flexibility index (Phi) is 4.64. The number of hydrogen-bond acceptors (Lipinski definition) is 7. The molecule has 1 aromatic carbocycles. The fourth-order valence-electron chi connectivity index (χ4n) is 1.95. The number of aromatic nitrogens is 5. The summed E-state index contributed by atoms with van der Waals surface area (Å²) in [6, 6.07) is 7.73. The molecule has 0 saturated carbocycles. The first kappa shape index (κ1) is 17.0. The Hall–Kier alpha value is -1.87. The molecular weight excluding hydrogens is 392 g/mol. The van der Waals surface area contributed by atoms with Crippen LogP contribution in [0.5, 0.6) is 0 Å². The molecule has 0 radical (unpaired) electrons. The Balaban J connectivity index is 1.76. The molecule has 0 spiro atoms. The van der Waals surface area contributed by atoms with Crippen LogP contribution in [0, 0.1) is 0 Å². The molecular formula is C15H17BrN6OS. The van der Waals surface area contributed by atoms with E-state index < -0.39 is 0 Å². The summed E-state index contributed by atoms with van der Waals surface area (Å²) in [4.78, 5) is 4.40. The number of benzene rings is 1. The van der Waals surface area contributed by atoms with E-state index in [1.807, 2.05) is 45.0 Å². The molecule has 0 fully saturated rings. The van der Waals surface area contributed by atoms with E-state index in [1.165, 1.54) is 16.4 Å². The Morgan fingerprint density at radius 2 is 2.00 bits per heavy atom. The highest BCUT2D eigenvalue weighted by Gasteiger charge is 2.22. The van der Waals surface area contributed by atoms with E-state index in [0.717, 1.165) is 10.0 Å². The second kappa shape index (κ2) is 6.56. The third-order valence-electron chi connectivity index (χ3n) is 3.22. The highest BCUT2D eigenvalue weighted by atomic mass is 79.9. The molecule has 2 heterocycles. The van der Waals surface area contributed by atoms with Gasteiger partial charge in [-0.25, -0.2) is 4.68 Å². The average Bonchev–Trinajstić information content (AvgIpc) is 3.13. The minimum absolute atomic E-state index is 0.170.